The molecule has 0 aliphatic heterocycles. The number of nitrogens with zero attached hydrogens (tertiary/aromatic N) is 1. The molecule has 0 aromatic rings. The number of phosphoric acid groups is 1. The molecule has 0 aliphatic rings. The van der Waals surface area contributed by atoms with Crippen molar-refractivity contribution in [2.24, 2.45) is 0 Å². The topological polar surface area (TPSA) is 91.3 Å². The maximum absolute atomic E-state index is 12.7. The average molecular weight is 747 g/mol. The van der Waals surface area contributed by atoms with Gasteiger partial charge in [-0.1, -0.05) is 161 Å². The number of hydrogen-bond acceptors (Lipinski definition) is 6. The predicted octanol–water partition coefficient (Wildman–Crippen LogP) is 12.3. The standard InChI is InChI=1S/C42H84NO7P/c1-6-8-10-12-14-16-18-20-21-22-24-26-28-30-32-34-37-47-39-41(40-49-51(45,46)48-38-36-43(3,4)5)50-42(44)35-33-31-29-27-25-23-19-17-15-13-11-9-7-2/h20-21,41H,6-19,22-40H2,1-5H3/p+1/b21-20+/t41-/m1/s1. The Morgan fingerprint density at radius 1 is 0.588 bits per heavy atom. The Labute approximate surface area is 316 Å². The zero-order valence-electron chi connectivity index (χ0n) is 34.4. The van der Waals surface area contributed by atoms with E-state index < -0.39 is 13.9 Å². The Morgan fingerprint density at radius 3 is 1.49 bits per heavy atom. The smallest absolute Gasteiger partial charge is 0.457 e. The Kier molecular flexibility index (Phi) is 35.7. The van der Waals surface area contributed by atoms with Gasteiger partial charge in [0.2, 0.25) is 0 Å². The third-order valence-electron chi connectivity index (χ3n) is 9.33. The van der Waals surface area contributed by atoms with Gasteiger partial charge in [0, 0.05) is 13.0 Å². The van der Waals surface area contributed by atoms with Gasteiger partial charge in [-0.15, -0.1) is 0 Å². The number of carbonyl (C=O) groups excluding carboxylic acids is 1. The van der Waals surface area contributed by atoms with E-state index in [2.05, 4.69) is 26.0 Å². The summed E-state index contributed by atoms with van der Waals surface area (Å²) in [4.78, 5) is 22.8. The summed E-state index contributed by atoms with van der Waals surface area (Å²) in [6.07, 6.45) is 38.0. The largest absolute Gasteiger partial charge is 0.472 e. The van der Waals surface area contributed by atoms with Crippen LogP contribution in [0.4, 0.5) is 0 Å². The van der Waals surface area contributed by atoms with Crippen molar-refractivity contribution in [2.45, 2.75) is 200 Å². The van der Waals surface area contributed by atoms with E-state index in [1.807, 2.05) is 21.1 Å². The number of rotatable bonds is 40. The molecule has 0 heterocycles. The number of esters is 1. The predicted molar refractivity (Wildman–Crippen MR) is 215 cm³/mol. The third kappa shape index (κ3) is 40.3. The van der Waals surface area contributed by atoms with Crippen molar-refractivity contribution in [2.75, 3.05) is 54.1 Å². The number of phosphoric ester groups is 1. The first-order chi connectivity index (χ1) is 24.6. The van der Waals surface area contributed by atoms with Crippen LogP contribution in [0.1, 0.15) is 194 Å². The number of unbranched alkanes of at least 4 members (excludes halogenated alkanes) is 24. The molecule has 0 saturated heterocycles. The van der Waals surface area contributed by atoms with E-state index in [-0.39, 0.29) is 25.8 Å². The molecule has 51 heavy (non-hydrogen) atoms. The molecule has 1 N–H and O–H groups in total. The lowest BCUT2D eigenvalue weighted by Gasteiger charge is -2.24. The zero-order chi connectivity index (χ0) is 37.7. The molecule has 304 valence electrons. The van der Waals surface area contributed by atoms with Gasteiger partial charge in [0.05, 0.1) is 34.4 Å². The van der Waals surface area contributed by atoms with Crippen LogP contribution in [-0.4, -0.2) is 75.6 Å². The Morgan fingerprint density at radius 2 is 1.02 bits per heavy atom. The number of hydrogen-bond donors (Lipinski definition) is 1. The normalized spacial score (nSPS) is 13.9. The number of allylic oxidation sites excluding steroid dienone is 2. The molecule has 0 aromatic heterocycles. The van der Waals surface area contributed by atoms with Crippen LogP contribution in [0.5, 0.6) is 0 Å². The molecule has 0 aliphatic carbocycles. The Balaban J connectivity index is 4.23. The summed E-state index contributed by atoms with van der Waals surface area (Å²) in [5.41, 5.74) is 0. The fraction of sp³-hybridized carbons (Fsp3) is 0.929. The molecule has 0 aromatic carbocycles. The van der Waals surface area contributed by atoms with Crippen molar-refractivity contribution in [1.29, 1.82) is 0 Å². The van der Waals surface area contributed by atoms with Crippen LogP contribution >= 0.6 is 7.82 Å². The highest BCUT2D eigenvalue weighted by atomic mass is 31.2. The first-order valence-corrected chi connectivity index (χ1v) is 22.9. The van der Waals surface area contributed by atoms with Crippen molar-refractivity contribution >= 4 is 13.8 Å². The number of likely N-dealkylation sites (N-methyl/N-ethyl adjacent to an activating group) is 1. The minimum atomic E-state index is -4.27. The lowest BCUT2D eigenvalue weighted by atomic mass is 10.0. The molecular formula is C42H85NO7P+. The van der Waals surface area contributed by atoms with Crippen LogP contribution in [0.15, 0.2) is 12.2 Å². The minimum absolute atomic E-state index is 0.0905. The molecule has 0 radical (unpaired) electrons. The quantitative estimate of drug-likeness (QED) is 0.0219. The van der Waals surface area contributed by atoms with Gasteiger partial charge in [0.15, 0.2) is 0 Å². The lowest BCUT2D eigenvalue weighted by molar-refractivity contribution is -0.870. The molecular weight excluding hydrogens is 661 g/mol. The number of carbonyl (C=O) groups is 1. The van der Waals surface area contributed by atoms with E-state index >= 15 is 0 Å². The Bertz CT molecular complexity index is 833. The van der Waals surface area contributed by atoms with E-state index in [0.29, 0.717) is 24.1 Å². The van der Waals surface area contributed by atoms with Crippen LogP contribution in [0.2, 0.25) is 0 Å². The van der Waals surface area contributed by atoms with Crippen LogP contribution in [0.25, 0.3) is 0 Å². The van der Waals surface area contributed by atoms with Crippen LogP contribution in [0.3, 0.4) is 0 Å². The monoisotopic (exact) mass is 747 g/mol. The summed E-state index contributed by atoms with van der Waals surface area (Å²) < 4.78 is 34.9. The second kappa shape index (κ2) is 36.2. The van der Waals surface area contributed by atoms with Crippen molar-refractivity contribution in [1.82, 2.24) is 0 Å². The maximum atomic E-state index is 12.7. The molecule has 0 rings (SSSR count). The van der Waals surface area contributed by atoms with Gasteiger partial charge in [-0.25, -0.2) is 4.57 Å². The summed E-state index contributed by atoms with van der Waals surface area (Å²) >= 11 is 0. The minimum Gasteiger partial charge on any atom is -0.457 e. The molecule has 2 atom stereocenters. The second-order valence-corrected chi connectivity index (χ2v) is 17.2. The van der Waals surface area contributed by atoms with Crippen molar-refractivity contribution in [3.63, 3.8) is 0 Å². The molecule has 0 bridgehead atoms. The van der Waals surface area contributed by atoms with E-state index in [1.54, 1.807) is 0 Å². The summed E-state index contributed by atoms with van der Waals surface area (Å²) in [5.74, 6) is -0.314. The van der Waals surface area contributed by atoms with Crippen molar-refractivity contribution in [3.8, 4) is 0 Å². The van der Waals surface area contributed by atoms with Gasteiger partial charge in [0.1, 0.15) is 19.3 Å². The van der Waals surface area contributed by atoms with Crippen LogP contribution < -0.4 is 0 Å². The molecule has 8 nitrogen and oxygen atoms in total. The fourth-order valence-electron chi connectivity index (χ4n) is 5.96. The zero-order valence-corrected chi connectivity index (χ0v) is 35.3. The van der Waals surface area contributed by atoms with E-state index in [1.165, 1.54) is 141 Å². The first kappa shape index (κ1) is 50.2. The van der Waals surface area contributed by atoms with Gasteiger partial charge < -0.3 is 18.9 Å². The lowest BCUT2D eigenvalue weighted by Crippen LogP contribution is -2.37. The summed E-state index contributed by atoms with van der Waals surface area (Å²) in [6.45, 7) is 5.63. The van der Waals surface area contributed by atoms with Crippen LogP contribution in [0, 0.1) is 0 Å². The Hall–Kier alpha value is -0.760. The fourth-order valence-corrected chi connectivity index (χ4v) is 6.70. The molecule has 0 spiro atoms. The molecule has 9 heteroatoms. The van der Waals surface area contributed by atoms with Gasteiger partial charge in [-0.2, -0.15) is 0 Å². The summed E-state index contributed by atoms with van der Waals surface area (Å²) in [7, 11) is 1.67. The third-order valence-corrected chi connectivity index (χ3v) is 10.3. The van der Waals surface area contributed by atoms with E-state index in [9.17, 15) is 14.3 Å². The SMILES string of the molecule is CCCCCCCC/C=C/CCCCCCCCOC[C@H](COP(=O)(O)OCC[N+](C)(C)C)OC(=O)CCCCCCCCCCCCCCC. The van der Waals surface area contributed by atoms with Gasteiger partial charge in [-0.05, 0) is 38.5 Å². The second-order valence-electron chi connectivity index (χ2n) is 15.7. The highest BCUT2D eigenvalue weighted by Gasteiger charge is 2.26. The first-order valence-electron chi connectivity index (χ1n) is 21.4. The van der Waals surface area contributed by atoms with Gasteiger partial charge in [0.25, 0.3) is 0 Å². The molecule has 0 saturated carbocycles. The highest BCUT2D eigenvalue weighted by molar-refractivity contribution is 7.47. The van der Waals surface area contributed by atoms with Gasteiger partial charge >= 0.3 is 13.8 Å². The van der Waals surface area contributed by atoms with E-state index in [0.717, 1.165) is 32.1 Å². The average Bonchev–Trinajstić information content (AvgIpc) is 3.08. The molecule has 1 unspecified atom stereocenters. The van der Waals surface area contributed by atoms with Crippen molar-refractivity contribution < 1.29 is 37.3 Å². The van der Waals surface area contributed by atoms with Gasteiger partial charge in [-0.3, -0.25) is 13.8 Å². The molecule has 0 fully saturated rings. The number of ether oxygens (including phenoxy) is 2. The van der Waals surface area contributed by atoms with Crippen LogP contribution in [-0.2, 0) is 27.9 Å². The summed E-state index contributed by atoms with van der Waals surface area (Å²) in [5, 5.41) is 0. The highest BCUT2D eigenvalue weighted by Crippen LogP contribution is 2.43. The summed E-state index contributed by atoms with van der Waals surface area (Å²) in [6, 6.07) is 0. The van der Waals surface area contributed by atoms with E-state index in [4.69, 9.17) is 18.5 Å². The van der Waals surface area contributed by atoms with Crippen molar-refractivity contribution in [3.05, 3.63) is 12.2 Å². The maximum Gasteiger partial charge on any atom is 0.472 e. The number of quaternary nitrogens is 1. The molecule has 0 amide bonds.